The van der Waals surface area contributed by atoms with Gasteiger partial charge in [0.15, 0.2) is 0 Å². The Labute approximate surface area is 41.4 Å². The van der Waals surface area contributed by atoms with Gasteiger partial charge in [0, 0.05) is 0 Å². The van der Waals surface area contributed by atoms with Crippen molar-refractivity contribution in [2.45, 2.75) is 6.92 Å². The molecule has 0 nitrogen and oxygen atoms in total. The molecular weight excluding hydrogens is 148 g/mol. The van der Waals surface area contributed by atoms with E-state index in [1.165, 1.54) is 0 Å². The Kier molecular flexibility index (Phi) is 0.714. The zero-order chi connectivity index (χ0) is 4.20. The molecule has 0 atom stereocenters. The predicted octanol–water partition coefficient (Wildman–Crippen LogP) is 3.73. The van der Waals surface area contributed by atoms with Crippen molar-refractivity contribution in [3.05, 3.63) is 0 Å². The summed E-state index contributed by atoms with van der Waals surface area (Å²) in [7, 11) is 3.93. The fourth-order valence-corrected chi connectivity index (χ4v) is 42.7. The molecule has 6 heavy (non-hydrogen) atoms. The Morgan fingerprint density at radius 3 is 2.17 bits per heavy atom. The van der Waals surface area contributed by atoms with E-state index in [2.05, 4.69) is 6.92 Å². The Bertz CT molecular complexity index is 160. The van der Waals surface area contributed by atoms with E-state index in [1.807, 2.05) is 15.1 Å². The van der Waals surface area contributed by atoms with Crippen molar-refractivity contribution in [1.82, 2.24) is 0 Å². The third-order valence-electron chi connectivity index (χ3n) is 1.23. The normalized spacial score (nSPS) is 46.5. The summed E-state index contributed by atoms with van der Waals surface area (Å²) in [5.74, 6) is 0. The van der Waals surface area contributed by atoms with Crippen LogP contribution in [0.25, 0.3) is 0 Å². The Morgan fingerprint density at radius 2 is 2.17 bits per heavy atom. The molecule has 0 bridgehead atoms. The molecule has 2 aliphatic rings. The maximum absolute atomic E-state index is 2.38. The van der Waals surface area contributed by atoms with Crippen molar-refractivity contribution in [2.24, 2.45) is 0 Å². The fourth-order valence-electron chi connectivity index (χ4n) is 0.546. The monoisotopic (exact) mass is 154 g/mol. The third-order valence-corrected chi connectivity index (χ3v) is 39.0. The standard InChI is InChI=1S/C2H6P4/c1-2-6-3-5(6)4-6/h6H,2H2,1H3. The second-order valence-electron chi connectivity index (χ2n) is 1.62. The SMILES string of the molecule is CC[PH]12P=P1=P2. The van der Waals surface area contributed by atoms with Crippen LogP contribution in [0.3, 0.4) is 0 Å². The van der Waals surface area contributed by atoms with Crippen LogP contribution < -0.4 is 0 Å². The van der Waals surface area contributed by atoms with E-state index in [-0.39, 0.29) is 6.33 Å². The van der Waals surface area contributed by atoms with Gasteiger partial charge in [-0.15, -0.1) is 0 Å². The van der Waals surface area contributed by atoms with Crippen LogP contribution in [-0.4, -0.2) is 6.16 Å². The molecule has 0 fully saturated rings. The van der Waals surface area contributed by atoms with Gasteiger partial charge in [0.2, 0.25) is 0 Å². The van der Waals surface area contributed by atoms with Crippen LogP contribution in [0.2, 0.25) is 0 Å². The van der Waals surface area contributed by atoms with Crippen LogP contribution in [0.1, 0.15) is 6.92 Å². The van der Waals surface area contributed by atoms with Crippen LogP contribution >= 0.6 is 27.6 Å². The molecule has 0 amide bonds. The molecule has 0 radical (unpaired) electrons. The summed E-state index contributed by atoms with van der Waals surface area (Å²) in [6.07, 6.45) is 2.19. The maximum atomic E-state index is 2.38. The zero-order valence-electron chi connectivity index (χ0n) is 3.55. The molecule has 4 heteroatoms. The Hall–Kier alpha value is 1.33. The first kappa shape index (κ1) is 4.23. The van der Waals surface area contributed by atoms with Gasteiger partial charge in [-0.3, -0.25) is 0 Å². The molecule has 0 aromatic heterocycles. The molecule has 2 rings (SSSR count). The molecule has 0 N–H and O–H groups in total. The van der Waals surface area contributed by atoms with Crippen molar-refractivity contribution in [3.8, 4) is 0 Å². The number of rotatable bonds is 1. The van der Waals surface area contributed by atoms with E-state index in [9.17, 15) is 0 Å². The van der Waals surface area contributed by atoms with Gasteiger partial charge in [0.05, 0.1) is 0 Å². The van der Waals surface area contributed by atoms with Gasteiger partial charge < -0.3 is 0 Å². The second-order valence-corrected chi connectivity index (χ2v) is 26.6. The first-order valence-electron chi connectivity index (χ1n) is 2.13. The summed E-state index contributed by atoms with van der Waals surface area (Å²) in [6, 6.07) is 0. The molecule has 0 aromatic carbocycles. The molecular formula is C2H6P4. The summed E-state index contributed by atoms with van der Waals surface area (Å²) in [4.78, 5) is 0. The molecule has 0 aromatic rings. The molecule has 0 unspecified atom stereocenters. The average Bonchev–Trinajstić information content (AvgIpc) is 2.12. The predicted molar refractivity (Wildman–Crippen MR) is 39.6 cm³/mol. The minimum atomic E-state index is -0.205. The van der Waals surface area contributed by atoms with E-state index in [0.29, 0.717) is 0 Å². The molecule has 2 heterocycles. The van der Waals surface area contributed by atoms with Crippen molar-refractivity contribution >= 4 is 27.6 Å². The van der Waals surface area contributed by atoms with E-state index in [1.54, 1.807) is 6.16 Å². The van der Waals surface area contributed by atoms with Crippen LogP contribution in [-0.2, 0) is 0 Å². The van der Waals surface area contributed by atoms with Crippen molar-refractivity contribution in [2.75, 3.05) is 6.16 Å². The van der Waals surface area contributed by atoms with Crippen LogP contribution in [0, 0.1) is 0 Å². The number of fused-ring (bicyclic) bond motifs is 1. The summed E-state index contributed by atoms with van der Waals surface area (Å²) < 4.78 is 0. The fraction of sp³-hybridized carbons (Fsp3) is 1.00. The Morgan fingerprint density at radius 1 is 1.67 bits per heavy atom. The van der Waals surface area contributed by atoms with Crippen molar-refractivity contribution in [3.63, 3.8) is 0 Å². The van der Waals surface area contributed by atoms with Gasteiger partial charge in [0.1, 0.15) is 0 Å². The topological polar surface area (TPSA) is 0 Å². The molecule has 2 aliphatic heterocycles. The second kappa shape index (κ2) is 1.01. The first-order chi connectivity index (χ1) is 2.87. The van der Waals surface area contributed by atoms with Crippen LogP contribution in [0.5, 0.6) is 0 Å². The van der Waals surface area contributed by atoms with Crippen LogP contribution in [0.4, 0.5) is 0 Å². The summed E-state index contributed by atoms with van der Waals surface area (Å²) >= 11 is 0. The average molecular weight is 154 g/mol. The molecule has 0 saturated heterocycles. The van der Waals surface area contributed by atoms with E-state index >= 15 is 0 Å². The summed E-state index contributed by atoms with van der Waals surface area (Å²) in [6.45, 7) is 2.38. The quantitative estimate of drug-likeness (QED) is 0.504. The van der Waals surface area contributed by atoms with Gasteiger partial charge in [-0.2, -0.15) is 0 Å². The van der Waals surface area contributed by atoms with Gasteiger partial charge in [0.25, 0.3) is 0 Å². The summed E-state index contributed by atoms with van der Waals surface area (Å²) in [5.41, 5.74) is 0. The number of hydrogen-bond donors (Lipinski definition) is 0. The van der Waals surface area contributed by atoms with E-state index in [0.717, 1.165) is 6.18 Å². The van der Waals surface area contributed by atoms with Crippen LogP contribution in [0.15, 0.2) is 0 Å². The molecule has 0 spiro atoms. The van der Waals surface area contributed by atoms with E-state index < -0.39 is 0 Å². The minimum absolute atomic E-state index is 0.205. The van der Waals surface area contributed by atoms with Crippen molar-refractivity contribution in [1.29, 1.82) is 0 Å². The van der Waals surface area contributed by atoms with Gasteiger partial charge in [-0.05, 0) is 0 Å². The van der Waals surface area contributed by atoms with Gasteiger partial charge >= 0.3 is 40.7 Å². The number of hydrogen-bond acceptors (Lipinski definition) is 0. The molecule has 34 valence electrons. The zero-order valence-corrected chi connectivity index (χ0v) is 7.23. The van der Waals surface area contributed by atoms with Crippen molar-refractivity contribution < 1.29 is 0 Å². The van der Waals surface area contributed by atoms with E-state index in [4.69, 9.17) is 0 Å². The van der Waals surface area contributed by atoms with Gasteiger partial charge in [-0.25, -0.2) is 0 Å². The molecule has 0 saturated carbocycles. The Balaban J connectivity index is 2.27. The summed E-state index contributed by atoms with van der Waals surface area (Å²) in [5, 5.41) is 0. The first-order valence-corrected chi connectivity index (χ1v) is 11.4. The van der Waals surface area contributed by atoms with Gasteiger partial charge in [-0.1, -0.05) is 0 Å². The third kappa shape index (κ3) is 0.375. The molecule has 0 aliphatic carbocycles.